The number of aliphatic hydroxyl groups excluding tert-OH is 1. The van der Waals surface area contributed by atoms with Gasteiger partial charge in [-0.05, 0) is 25.0 Å². The first-order valence-electron chi connectivity index (χ1n) is 5.47. The molecule has 16 heavy (non-hydrogen) atoms. The number of thiazole rings is 1. The highest BCUT2D eigenvalue weighted by Crippen LogP contribution is 2.28. The number of aromatic nitrogens is 2. The number of nitrogens with zero attached hydrogens (tertiary/aromatic N) is 3. The molecule has 84 valence electrons. The molecule has 1 saturated heterocycles. The monoisotopic (exact) mass is 235 g/mol. The Kier molecular flexibility index (Phi) is 2.49. The van der Waals surface area contributed by atoms with Crippen molar-refractivity contribution in [3.05, 3.63) is 18.3 Å². The predicted octanol–water partition coefficient (Wildman–Crippen LogP) is 1.65. The lowest BCUT2D eigenvalue weighted by atomic mass is 10.1. The van der Waals surface area contributed by atoms with Gasteiger partial charge in [-0.2, -0.15) is 0 Å². The predicted molar refractivity (Wildman–Crippen MR) is 64.9 cm³/mol. The van der Waals surface area contributed by atoms with E-state index in [0.717, 1.165) is 34.9 Å². The Bertz CT molecular complexity index is 466. The number of hydrogen-bond acceptors (Lipinski definition) is 5. The summed E-state index contributed by atoms with van der Waals surface area (Å²) in [6.07, 6.45) is 3.51. The van der Waals surface area contributed by atoms with Crippen LogP contribution < -0.4 is 4.90 Å². The third-order valence-corrected chi connectivity index (χ3v) is 3.86. The summed E-state index contributed by atoms with van der Waals surface area (Å²) in [5, 5.41) is 10.6. The van der Waals surface area contributed by atoms with Gasteiger partial charge in [0.15, 0.2) is 5.13 Å². The molecule has 3 heterocycles. The second-order valence-corrected chi connectivity index (χ2v) is 5.02. The summed E-state index contributed by atoms with van der Waals surface area (Å²) in [6, 6.07) is 3.87. The quantitative estimate of drug-likeness (QED) is 0.816. The summed E-state index contributed by atoms with van der Waals surface area (Å²) in [4.78, 5) is 11.9. The molecule has 0 radical (unpaired) electrons. The highest BCUT2D eigenvalue weighted by atomic mass is 32.1. The second-order valence-electron chi connectivity index (χ2n) is 4.07. The molecule has 0 spiro atoms. The molecular weight excluding hydrogens is 222 g/mol. The van der Waals surface area contributed by atoms with Gasteiger partial charge in [-0.25, -0.2) is 9.97 Å². The van der Waals surface area contributed by atoms with E-state index in [4.69, 9.17) is 0 Å². The summed E-state index contributed by atoms with van der Waals surface area (Å²) in [6.45, 7) is 1.68. The van der Waals surface area contributed by atoms with Crippen LogP contribution in [0.1, 0.15) is 12.8 Å². The van der Waals surface area contributed by atoms with Gasteiger partial charge in [-0.1, -0.05) is 11.3 Å². The number of fused-ring (bicyclic) bond motifs is 1. The van der Waals surface area contributed by atoms with Crippen molar-refractivity contribution in [3.8, 4) is 0 Å². The third kappa shape index (κ3) is 1.76. The number of piperidine rings is 1. The van der Waals surface area contributed by atoms with Crippen LogP contribution in [0.15, 0.2) is 18.3 Å². The van der Waals surface area contributed by atoms with Gasteiger partial charge in [-0.15, -0.1) is 0 Å². The molecule has 0 amide bonds. The maximum absolute atomic E-state index is 9.64. The van der Waals surface area contributed by atoms with E-state index in [0.29, 0.717) is 6.54 Å². The van der Waals surface area contributed by atoms with Crippen molar-refractivity contribution in [2.75, 3.05) is 18.0 Å². The van der Waals surface area contributed by atoms with E-state index >= 15 is 0 Å². The first-order valence-corrected chi connectivity index (χ1v) is 6.29. The van der Waals surface area contributed by atoms with E-state index < -0.39 is 0 Å². The van der Waals surface area contributed by atoms with Crippen LogP contribution in [-0.2, 0) is 0 Å². The molecule has 0 aliphatic carbocycles. The van der Waals surface area contributed by atoms with Gasteiger partial charge in [0.1, 0.15) is 10.3 Å². The van der Waals surface area contributed by atoms with Crippen LogP contribution >= 0.6 is 11.3 Å². The van der Waals surface area contributed by atoms with Crippen LogP contribution in [-0.4, -0.2) is 34.3 Å². The SMILES string of the molecule is O[C@H]1CCCN(c2nc3cccnc3s2)C1. The lowest BCUT2D eigenvalue weighted by Crippen LogP contribution is -2.38. The molecular formula is C11H13N3OS. The molecule has 1 N–H and O–H groups in total. The molecule has 1 fully saturated rings. The smallest absolute Gasteiger partial charge is 0.188 e. The maximum atomic E-state index is 9.64. The number of anilines is 1. The van der Waals surface area contributed by atoms with Crippen molar-refractivity contribution < 1.29 is 5.11 Å². The largest absolute Gasteiger partial charge is 0.391 e. The molecule has 1 aliphatic rings. The Balaban J connectivity index is 1.93. The van der Waals surface area contributed by atoms with Crippen molar-refractivity contribution in [2.45, 2.75) is 18.9 Å². The van der Waals surface area contributed by atoms with Crippen molar-refractivity contribution in [2.24, 2.45) is 0 Å². The standard InChI is InChI=1S/C11H13N3OS/c15-8-3-2-6-14(7-8)11-13-9-4-1-5-12-10(9)16-11/h1,4-5,8,15H,2-3,6-7H2/t8-/m0/s1. The van der Waals surface area contributed by atoms with E-state index in [9.17, 15) is 5.11 Å². The number of aliphatic hydroxyl groups is 1. The molecule has 4 nitrogen and oxygen atoms in total. The zero-order chi connectivity index (χ0) is 11.0. The lowest BCUT2D eigenvalue weighted by molar-refractivity contribution is 0.154. The Morgan fingerprint density at radius 2 is 2.44 bits per heavy atom. The fraction of sp³-hybridized carbons (Fsp3) is 0.455. The van der Waals surface area contributed by atoms with Gasteiger partial charge in [0.05, 0.1) is 6.10 Å². The normalized spacial score (nSPS) is 21.6. The molecule has 0 unspecified atom stereocenters. The van der Waals surface area contributed by atoms with Crippen LogP contribution in [0, 0.1) is 0 Å². The van der Waals surface area contributed by atoms with Crippen LogP contribution in [0.2, 0.25) is 0 Å². The fourth-order valence-corrected chi connectivity index (χ4v) is 2.97. The van der Waals surface area contributed by atoms with Gasteiger partial charge in [0, 0.05) is 19.3 Å². The first-order chi connectivity index (χ1) is 7.83. The average molecular weight is 235 g/mol. The van der Waals surface area contributed by atoms with E-state index in [1.807, 2.05) is 12.1 Å². The van der Waals surface area contributed by atoms with Crippen LogP contribution in [0.5, 0.6) is 0 Å². The zero-order valence-corrected chi connectivity index (χ0v) is 9.65. The van der Waals surface area contributed by atoms with E-state index in [-0.39, 0.29) is 6.10 Å². The Labute approximate surface area is 97.6 Å². The minimum Gasteiger partial charge on any atom is -0.391 e. The summed E-state index contributed by atoms with van der Waals surface area (Å²) in [5.74, 6) is 0. The molecule has 5 heteroatoms. The zero-order valence-electron chi connectivity index (χ0n) is 8.83. The van der Waals surface area contributed by atoms with Crippen molar-refractivity contribution in [3.63, 3.8) is 0 Å². The van der Waals surface area contributed by atoms with Crippen LogP contribution in [0.3, 0.4) is 0 Å². The Hall–Kier alpha value is -1.20. The van der Waals surface area contributed by atoms with Gasteiger partial charge < -0.3 is 10.0 Å². The molecule has 0 aromatic carbocycles. The maximum Gasteiger partial charge on any atom is 0.188 e. The van der Waals surface area contributed by atoms with E-state index in [1.165, 1.54) is 0 Å². The fourth-order valence-electron chi connectivity index (χ4n) is 2.02. The minimum absolute atomic E-state index is 0.214. The number of hydrogen-bond donors (Lipinski definition) is 1. The second kappa shape index (κ2) is 3.99. The average Bonchev–Trinajstić information content (AvgIpc) is 2.72. The summed E-state index contributed by atoms with van der Waals surface area (Å²) < 4.78 is 0. The highest BCUT2D eigenvalue weighted by Gasteiger charge is 2.20. The van der Waals surface area contributed by atoms with Crippen molar-refractivity contribution >= 4 is 26.8 Å². The number of β-amino-alcohol motifs (C(OH)–C–C–N with tert-alkyl or cyclic N) is 1. The van der Waals surface area contributed by atoms with Crippen LogP contribution in [0.25, 0.3) is 10.3 Å². The third-order valence-electron chi connectivity index (χ3n) is 2.82. The van der Waals surface area contributed by atoms with Crippen molar-refractivity contribution in [1.82, 2.24) is 9.97 Å². The highest BCUT2D eigenvalue weighted by molar-refractivity contribution is 7.21. The van der Waals surface area contributed by atoms with E-state index in [2.05, 4.69) is 14.9 Å². The molecule has 2 aromatic heterocycles. The Morgan fingerprint density at radius 1 is 1.50 bits per heavy atom. The van der Waals surface area contributed by atoms with Crippen LogP contribution in [0.4, 0.5) is 5.13 Å². The molecule has 2 aromatic rings. The van der Waals surface area contributed by atoms with Gasteiger partial charge in [-0.3, -0.25) is 0 Å². The van der Waals surface area contributed by atoms with Crippen molar-refractivity contribution in [1.29, 1.82) is 0 Å². The topological polar surface area (TPSA) is 49.2 Å². The number of rotatable bonds is 1. The van der Waals surface area contributed by atoms with Gasteiger partial charge in [0.25, 0.3) is 0 Å². The van der Waals surface area contributed by atoms with Gasteiger partial charge in [0.2, 0.25) is 0 Å². The summed E-state index contributed by atoms with van der Waals surface area (Å²) in [5.41, 5.74) is 0.947. The summed E-state index contributed by atoms with van der Waals surface area (Å²) >= 11 is 1.60. The van der Waals surface area contributed by atoms with Gasteiger partial charge >= 0.3 is 0 Å². The van der Waals surface area contributed by atoms with E-state index in [1.54, 1.807) is 17.5 Å². The molecule has 0 bridgehead atoms. The molecule has 0 saturated carbocycles. The first kappa shape index (κ1) is 9.99. The molecule has 3 rings (SSSR count). The minimum atomic E-state index is -0.214. The molecule has 1 aliphatic heterocycles. The summed E-state index contributed by atoms with van der Waals surface area (Å²) in [7, 11) is 0. The number of pyridine rings is 1. The Morgan fingerprint density at radius 3 is 3.25 bits per heavy atom. The lowest BCUT2D eigenvalue weighted by Gasteiger charge is -2.29. The molecule has 1 atom stereocenters.